The molecule has 1 heteroatoms. The summed E-state index contributed by atoms with van der Waals surface area (Å²) in [7, 11) is 0. The van der Waals surface area contributed by atoms with E-state index in [0.29, 0.717) is 0 Å². The van der Waals surface area contributed by atoms with Gasteiger partial charge in [0, 0.05) is 6.04 Å². The minimum absolute atomic E-state index is 0.768. The molecule has 0 amide bonds. The molecule has 0 fully saturated rings. The van der Waals surface area contributed by atoms with E-state index < -0.39 is 0 Å². The first-order valence-electron chi connectivity index (χ1n) is 6.94. The van der Waals surface area contributed by atoms with Gasteiger partial charge in [-0.2, -0.15) is 0 Å². The highest BCUT2D eigenvalue weighted by Crippen LogP contribution is 2.11. The van der Waals surface area contributed by atoms with Crippen LogP contribution in [0.15, 0.2) is 0 Å². The van der Waals surface area contributed by atoms with E-state index in [1.165, 1.54) is 51.5 Å². The largest absolute Gasteiger partial charge is 0.314 e. The Bertz CT molecular complexity index is 121. The van der Waals surface area contributed by atoms with Crippen molar-refractivity contribution < 1.29 is 0 Å². The van der Waals surface area contributed by atoms with E-state index >= 15 is 0 Å². The van der Waals surface area contributed by atoms with Crippen LogP contribution in [0.2, 0.25) is 0 Å². The van der Waals surface area contributed by atoms with E-state index in [1.54, 1.807) is 0 Å². The monoisotopic (exact) mass is 213 g/mol. The minimum atomic E-state index is 0.768. The van der Waals surface area contributed by atoms with Crippen LogP contribution in [0.25, 0.3) is 0 Å². The van der Waals surface area contributed by atoms with Gasteiger partial charge in [-0.05, 0) is 31.7 Å². The molecule has 0 aliphatic heterocycles. The Balaban J connectivity index is 3.30. The molecule has 1 N–H and O–H groups in total. The first-order chi connectivity index (χ1) is 7.20. The molecule has 15 heavy (non-hydrogen) atoms. The highest BCUT2D eigenvalue weighted by atomic mass is 14.9. The molecular weight excluding hydrogens is 182 g/mol. The fourth-order valence-electron chi connectivity index (χ4n) is 1.92. The fraction of sp³-hybridized carbons (Fsp3) is 1.00. The molecule has 0 aromatic rings. The van der Waals surface area contributed by atoms with Gasteiger partial charge in [-0.1, -0.05) is 53.4 Å². The third kappa shape index (κ3) is 10.2. The van der Waals surface area contributed by atoms with Crippen LogP contribution in [-0.4, -0.2) is 12.6 Å². The minimum Gasteiger partial charge on any atom is -0.314 e. The molecule has 1 unspecified atom stereocenters. The molecule has 0 heterocycles. The lowest BCUT2D eigenvalue weighted by molar-refractivity contribution is 0.436. The van der Waals surface area contributed by atoms with Crippen molar-refractivity contribution in [2.24, 2.45) is 5.92 Å². The second kappa shape index (κ2) is 10.5. The summed E-state index contributed by atoms with van der Waals surface area (Å²) in [6.07, 6.45) is 9.55. The van der Waals surface area contributed by atoms with E-state index in [2.05, 4.69) is 33.0 Å². The van der Waals surface area contributed by atoms with Gasteiger partial charge in [-0.15, -0.1) is 0 Å². The molecule has 0 aromatic carbocycles. The summed E-state index contributed by atoms with van der Waals surface area (Å²) < 4.78 is 0. The second-order valence-corrected chi connectivity index (χ2v) is 5.09. The highest BCUT2D eigenvalue weighted by molar-refractivity contribution is 4.64. The van der Waals surface area contributed by atoms with E-state index in [0.717, 1.165) is 12.0 Å². The quantitative estimate of drug-likeness (QED) is 0.531. The number of nitrogens with one attached hydrogen (secondary N) is 1. The van der Waals surface area contributed by atoms with Gasteiger partial charge in [0.2, 0.25) is 0 Å². The third-order valence-electron chi connectivity index (χ3n) is 3.01. The van der Waals surface area contributed by atoms with Crippen molar-refractivity contribution in [1.29, 1.82) is 0 Å². The fourth-order valence-corrected chi connectivity index (χ4v) is 1.92. The molecule has 0 saturated heterocycles. The Morgan fingerprint density at radius 2 is 1.60 bits per heavy atom. The zero-order valence-electron chi connectivity index (χ0n) is 11.3. The van der Waals surface area contributed by atoms with E-state index in [4.69, 9.17) is 0 Å². The average Bonchev–Trinajstić information content (AvgIpc) is 2.21. The van der Waals surface area contributed by atoms with Crippen molar-refractivity contribution in [3.8, 4) is 0 Å². The molecule has 1 nitrogen and oxygen atoms in total. The van der Waals surface area contributed by atoms with E-state index in [9.17, 15) is 0 Å². The Morgan fingerprint density at radius 3 is 2.13 bits per heavy atom. The third-order valence-corrected chi connectivity index (χ3v) is 3.01. The number of hydrogen-bond donors (Lipinski definition) is 1. The SMILES string of the molecule is CCCNC(CC)CCCCCC(C)C. The molecule has 0 aromatic heterocycles. The van der Waals surface area contributed by atoms with Crippen molar-refractivity contribution in [3.05, 3.63) is 0 Å². The van der Waals surface area contributed by atoms with Gasteiger partial charge in [-0.3, -0.25) is 0 Å². The molecule has 0 rings (SSSR count). The van der Waals surface area contributed by atoms with Gasteiger partial charge in [0.15, 0.2) is 0 Å². The van der Waals surface area contributed by atoms with Crippen LogP contribution < -0.4 is 5.32 Å². The predicted octanol–water partition coefficient (Wildman–Crippen LogP) is 4.37. The molecule has 0 bridgehead atoms. The summed E-state index contributed by atoms with van der Waals surface area (Å²) >= 11 is 0. The second-order valence-electron chi connectivity index (χ2n) is 5.09. The Morgan fingerprint density at radius 1 is 0.933 bits per heavy atom. The van der Waals surface area contributed by atoms with E-state index in [1.807, 2.05) is 0 Å². The van der Waals surface area contributed by atoms with Gasteiger partial charge < -0.3 is 5.32 Å². The van der Waals surface area contributed by atoms with Gasteiger partial charge in [0.1, 0.15) is 0 Å². The van der Waals surface area contributed by atoms with Crippen molar-refractivity contribution in [2.75, 3.05) is 6.54 Å². The summed E-state index contributed by atoms with van der Waals surface area (Å²) in [5.74, 6) is 0.880. The Labute approximate surface area is 97.0 Å². The molecule has 0 radical (unpaired) electrons. The van der Waals surface area contributed by atoms with Crippen LogP contribution in [-0.2, 0) is 0 Å². The van der Waals surface area contributed by atoms with Crippen molar-refractivity contribution in [3.63, 3.8) is 0 Å². The molecule has 0 saturated carbocycles. The lowest BCUT2D eigenvalue weighted by Gasteiger charge is -2.16. The van der Waals surface area contributed by atoms with Crippen molar-refractivity contribution in [2.45, 2.75) is 78.7 Å². The molecule has 1 atom stereocenters. The predicted molar refractivity (Wildman–Crippen MR) is 70.3 cm³/mol. The van der Waals surface area contributed by atoms with Crippen LogP contribution in [0, 0.1) is 5.92 Å². The molecular formula is C14H31N. The number of unbranched alkanes of at least 4 members (excludes halogenated alkanes) is 2. The lowest BCUT2D eigenvalue weighted by Crippen LogP contribution is -2.28. The van der Waals surface area contributed by atoms with Crippen molar-refractivity contribution >= 4 is 0 Å². The van der Waals surface area contributed by atoms with Gasteiger partial charge in [0.05, 0.1) is 0 Å². The maximum Gasteiger partial charge on any atom is 0.00644 e. The zero-order chi connectivity index (χ0) is 11.5. The van der Waals surface area contributed by atoms with Gasteiger partial charge in [-0.25, -0.2) is 0 Å². The summed E-state index contributed by atoms with van der Waals surface area (Å²) in [5, 5.41) is 3.62. The van der Waals surface area contributed by atoms with E-state index in [-0.39, 0.29) is 0 Å². The van der Waals surface area contributed by atoms with Gasteiger partial charge >= 0.3 is 0 Å². The van der Waals surface area contributed by atoms with Crippen LogP contribution in [0.4, 0.5) is 0 Å². The molecule has 0 aliphatic rings. The molecule has 0 spiro atoms. The summed E-state index contributed by atoms with van der Waals surface area (Å²) in [6.45, 7) is 10.4. The Hall–Kier alpha value is -0.0400. The first-order valence-corrected chi connectivity index (χ1v) is 6.94. The summed E-state index contributed by atoms with van der Waals surface area (Å²) in [5.41, 5.74) is 0. The lowest BCUT2D eigenvalue weighted by atomic mass is 10.0. The highest BCUT2D eigenvalue weighted by Gasteiger charge is 2.03. The summed E-state index contributed by atoms with van der Waals surface area (Å²) in [4.78, 5) is 0. The zero-order valence-corrected chi connectivity index (χ0v) is 11.3. The van der Waals surface area contributed by atoms with Gasteiger partial charge in [0.25, 0.3) is 0 Å². The average molecular weight is 213 g/mol. The first kappa shape index (κ1) is 15.0. The maximum atomic E-state index is 3.62. The maximum absolute atomic E-state index is 3.62. The number of rotatable bonds is 10. The van der Waals surface area contributed by atoms with Crippen LogP contribution in [0.3, 0.4) is 0 Å². The van der Waals surface area contributed by atoms with Crippen LogP contribution in [0.1, 0.15) is 72.6 Å². The standard InChI is InChI=1S/C14H31N/c1-5-12-15-14(6-2)11-9-7-8-10-13(3)4/h13-15H,5-12H2,1-4H3. The van der Waals surface area contributed by atoms with Crippen LogP contribution >= 0.6 is 0 Å². The molecule has 92 valence electrons. The normalized spacial score (nSPS) is 13.4. The molecule has 0 aliphatic carbocycles. The smallest absolute Gasteiger partial charge is 0.00644 e. The Kier molecular flexibility index (Phi) is 10.4. The van der Waals surface area contributed by atoms with Crippen molar-refractivity contribution in [1.82, 2.24) is 5.32 Å². The van der Waals surface area contributed by atoms with Crippen LogP contribution in [0.5, 0.6) is 0 Å². The summed E-state index contributed by atoms with van der Waals surface area (Å²) in [6, 6.07) is 0.768. The topological polar surface area (TPSA) is 12.0 Å². The number of hydrogen-bond acceptors (Lipinski definition) is 1.